The van der Waals surface area contributed by atoms with Gasteiger partial charge in [-0.1, -0.05) is 31.9 Å². The van der Waals surface area contributed by atoms with Gasteiger partial charge in [0, 0.05) is 25.8 Å². The number of nitrogens with zero attached hydrogens (tertiary/aromatic N) is 1. The molecule has 0 atom stereocenters. The third kappa shape index (κ3) is 7.34. The number of rotatable bonds is 7. The second-order valence-corrected chi connectivity index (χ2v) is 6.67. The van der Waals surface area contributed by atoms with E-state index in [0.29, 0.717) is 6.54 Å². The number of ether oxygens (including phenoxy) is 1. The topological polar surface area (TPSA) is 41.6 Å². The van der Waals surface area contributed by atoms with Gasteiger partial charge in [-0.3, -0.25) is 0 Å². The molecule has 0 fully saturated rings. The minimum Gasteiger partial charge on any atom is -0.444 e. The molecule has 0 radical (unpaired) electrons. The smallest absolute Gasteiger partial charge is 0.410 e. The summed E-state index contributed by atoms with van der Waals surface area (Å²) in [6, 6.07) is 8.19. The molecule has 22 heavy (non-hydrogen) atoms. The molecule has 0 aliphatic rings. The molecule has 1 rings (SSSR count). The first kappa shape index (κ1) is 18.3. The molecule has 0 aliphatic heterocycles. The van der Waals surface area contributed by atoms with E-state index in [2.05, 4.69) is 24.4 Å². The Kier molecular flexibility index (Phi) is 7.22. The Morgan fingerprint density at radius 3 is 2.64 bits per heavy atom. The fraction of sp³-hybridized carbons (Fsp3) is 0.611. The second-order valence-electron chi connectivity index (χ2n) is 6.67. The second kappa shape index (κ2) is 8.66. The predicted molar refractivity (Wildman–Crippen MR) is 92.2 cm³/mol. The molecule has 0 aliphatic carbocycles. The summed E-state index contributed by atoms with van der Waals surface area (Å²) in [6.45, 7) is 9.35. The van der Waals surface area contributed by atoms with Crippen molar-refractivity contribution in [2.24, 2.45) is 0 Å². The van der Waals surface area contributed by atoms with Gasteiger partial charge in [-0.2, -0.15) is 0 Å². The summed E-state index contributed by atoms with van der Waals surface area (Å²) in [5, 5.41) is 3.43. The van der Waals surface area contributed by atoms with Crippen LogP contribution in [0.4, 0.5) is 10.5 Å². The van der Waals surface area contributed by atoms with Gasteiger partial charge < -0.3 is 15.0 Å². The summed E-state index contributed by atoms with van der Waals surface area (Å²) < 4.78 is 5.37. The number of carbonyl (C=O) groups is 1. The van der Waals surface area contributed by atoms with Gasteiger partial charge in [0.1, 0.15) is 5.60 Å². The van der Waals surface area contributed by atoms with E-state index in [4.69, 9.17) is 4.74 Å². The highest BCUT2D eigenvalue weighted by atomic mass is 16.6. The average molecular weight is 306 g/mol. The molecule has 0 saturated heterocycles. The molecule has 0 bridgehead atoms. The number of unbranched alkanes of at least 4 members (excludes halogenated alkanes) is 2. The summed E-state index contributed by atoms with van der Waals surface area (Å²) in [5.41, 5.74) is 1.73. The Morgan fingerprint density at radius 1 is 1.27 bits per heavy atom. The van der Waals surface area contributed by atoms with Gasteiger partial charge in [0.2, 0.25) is 0 Å². The van der Waals surface area contributed by atoms with Crippen molar-refractivity contribution in [3.8, 4) is 0 Å². The molecular formula is C18H30N2O2. The van der Waals surface area contributed by atoms with Crippen molar-refractivity contribution in [2.75, 3.05) is 18.9 Å². The first-order valence-electron chi connectivity index (χ1n) is 8.09. The first-order chi connectivity index (χ1) is 10.3. The van der Waals surface area contributed by atoms with Crippen LogP contribution in [0.2, 0.25) is 0 Å². The molecule has 4 heteroatoms. The Hall–Kier alpha value is -1.71. The normalized spacial score (nSPS) is 11.1. The minimum atomic E-state index is -0.464. The van der Waals surface area contributed by atoms with Crippen molar-refractivity contribution in [1.29, 1.82) is 0 Å². The fourth-order valence-corrected chi connectivity index (χ4v) is 2.07. The van der Waals surface area contributed by atoms with Gasteiger partial charge in [-0.25, -0.2) is 4.79 Å². The molecule has 0 heterocycles. The van der Waals surface area contributed by atoms with Crippen molar-refractivity contribution in [3.05, 3.63) is 29.8 Å². The van der Waals surface area contributed by atoms with E-state index in [0.717, 1.165) is 17.8 Å². The van der Waals surface area contributed by atoms with Crippen molar-refractivity contribution < 1.29 is 9.53 Å². The molecule has 1 aromatic rings. The van der Waals surface area contributed by atoms with E-state index >= 15 is 0 Å². The zero-order valence-electron chi connectivity index (χ0n) is 14.6. The van der Waals surface area contributed by atoms with Crippen LogP contribution in [0.15, 0.2) is 24.3 Å². The summed E-state index contributed by atoms with van der Waals surface area (Å²) >= 11 is 0. The van der Waals surface area contributed by atoms with Crippen LogP contribution in [0.25, 0.3) is 0 Å². The standard InChI is InChI=1S/C18H30N2O2/c1-6-7-8-12-19-16-11-9-10-15(13-16)14-20(5)17(21)22-18(2,3)4/h9-11,13,19H,6-8,12,14H2,1-5H3. The first-order valence-corrected chi connectivity index (χ1v) is 8.09. The highest BCUT2D eigenvalue weighted by Gasteiger charge is 2.19. The number of benzene rings is 1. The highest BCUT2D eigenvalue weighted by Crippen LogP contribution is 2.15. The predicted octanol–water partition coefficient (Wildman–Crippen LogP) is 4.66. The van der Waals surface area contributed by atoms with Gasteiger partial charge in [-0.05, 0) is 44.9 Å². The zero-order chi connectivity index (χ0) is 16.6. The summed E-state index contributed by atoms with van der Waals surface area (Å²) in [7, 11) is 1.76. The monoisotopic (exact) mass is 306 g/mol. The lowest BCUT2D eigenvalue weighted by Crippen LogP contribution is -2.33. The third-order valence-electron chi connectivity index (χ3n) is 3.16. The Morgan fingerprint density at radius 2 is 2.00 bits per heavy atom. The van der Waals surface area contributed by atoms with Gasteiger partial charge in [0.25, 0.3) is 0 Å². The summed E-state index contributed by atoms with van der Waals surface area (Å²) in [6.07, 6.45) is 3.35. The largest absolute Gasteiger partial charge is 0.444 e. The number of nitrogens with one attached hydrogen (secondary N) is 1. The Labute approximate surface area is 134 Å². The Bertz CT molecular complexity index is 466. The molecule has 0 saturated carbocycles. The number of carbonyl (C=O) groups excluding carboxylic acids is 1. The zero-order valence-corrected chi connectivity index (χ0v) is 14.6. The summed E-state index contributed by atoms with van der Waals surface area (Å²) in [5.74, 6) is 0. The average Bonchev–Trinajstić information content (AvgIpc) is 2.42. The van der Waals surface area contributed by atoms with E-state index in [1.165, 1.54) is 19.3 Å². The van der Waals surface area contributed by atoms with E-state index in [1.54, 1.807) is 11.9 Å². The lowest BCUT2D eigenvalue weighted by molar-refractivity contribution is 0.0285. The van der Waals surface area contributed by atoms with Crippen molar-refractivity contribution in [3.63, 3.8) is 0 Å². The maximum atomic E-state index is 12.0. The minimum absolute atomic E-state index is 0.297. The lowest BCUT2D eigenvalue weighted by atomic mass is 10.2. The molecule has 1 N–H and O–H groups in total. The molecule has 0 unspecified atom stereocenters. The van der Waals surface area contributed by atoms with Crippen LogP contribution in [0.3, 0.4) is 0 Å². The SMILES string of the molecule is CCCCCNc1cccc(CN(C)C(=O)OC(C)(C)C)c1. The van der Waals surface area contributed by atoms with E-state index in [9.17, 15) is 4.79 Å². The van der Waals surface area contributed by atoms with Crippen LogP contribution < -0.4 is 5.32 Å². The van der Waals surface area contributed by atoms with Crippen LogP contribution in [0.5, 0.6) is 0 Å². The lowest BCUT2D eigenvalue weighted by Gasteiger charge is -2.24. The van der Waals surface area contributed by atoms with Gasteiger partial charge in [0.05, 0.1) is 0 Å². The maximum absolute atomic E-state index is 12.0. The summed E-state index contributed by atoms with van der Waals surface area (Å²) in [4.78, 5) is 13.6. The fourth-order valence-electron chi connectivity index (χ4n) is 2.07. The quantitative estimate of drug-likeness (QED) is 0.745. The molecule has 1 amide bonds. The van der Waals surface area contributed by atoms with E-state index in [-0.39, 0.29) is 6.09 Å². The van der Waals surface area contributed by atoms with Crippen LogP contribution in [-0.4, -0.2) is 30.2 Å². The number of amides is 1. The van der Waals surface area contributed by atoms with Gasteiger partial charge in [-0.15, -0.1) is 0 Å². The third-order valence-corrected chi connectivity index (χ3v) is 3.16. The van der Waals surface area contributed by atoms with Crippen LogP contribution >= 0.6 is 0 Å². The molecule has 124 valence electrons. The van der Waals surface area contributed by atoms with Gasteiger partial charge in [0.15, 0.2) is 0 Å². The van der Waals surface area contributed by atoms with Crippen molar-refractivity contribution >= 4 is 11.8 Å². The van der Waals surface area contributed by atoms with Crippen molar-refractivity contribution in [1.82, 2.24) is 4.90 Å². The molecule has 4 nitrogen and oxygen atoms in total. The molecule has 0 aromatic heterocycles. The van der Waals surface area contributed by atoms with Crippen LogP contribution in [0, 0.1) is 0 Å². The Balaban J connectivity index is 2.53. The highest BCUT2D eigenvalue weighted by molar-refractivity contribution is 5.67. The molecular weight excluding hydrogens is 276 g/mol. The van der Waals surface area contributed by atoms with E-state index in [1.807, 2.05) is 32.9 Å². The maximum Gasteiger partial charge on any atom is 0.410 e. The molecule has 0 spiro atoms. The number of hydrogen-bond acceptors (Lipinski definition) is 3. The number of hydrogen-bond donors (Lipinski definition) is 1. The van der Waals surface area contributed by atoms with Crippen LogP contribution in [-0.2, 0) is 11.3 Å². The van der Waals surface area contributed by atoms with Crippen molar-refractivity contribution in [2.45, 2.75) is 59.1 Å². The number of anilines is 1. The van der Waals surface area contributed by atoms with Crippen LogP contribution in [0.1, 0.15) is 52.5 Å². The van der Waals surface area contributed by atoms with Gasteiger partial charge >= 0.3 is 6.09 Å². The molecule has 1 aromatic carbocycles. The van der Waals surface area contributed by atoms with E-state index < -0.39 is 5.60 Å².